The number of rotatable bonds is 9. The smallest absolute Gasteiger partial charge is 0.191 e. The van der Waals surface area contributed by atoms with Crippen molar-refractivity contribution in [1.29, 1.82) is 0 Å². The Balaban J connectivity index is 2.31. The zero-order chi connectivity index (χ0) is 17.1. The first kappa shape index (κ1) is 20.2. The molecule has 0 bridgehead atoms. The number of aliphatic imine (C=N–C) groups is 1. The summed E-state index contributed by atoms with van der Waals surface area (Å²) in [5.41, 5.74) is 0. The second kappa shape index (κ2) is 11.7. The monoisotopic (exact) mass is 326 g/mol. The topological polar surface area (TPSA) is 48.9 Å². The maximum atomic E-state index is 5.80. The Hall–Kier alpha value is -0.810. The summed E-state index contributed by atoms with van der Waals surface area (Å²) in [4.78, 5) is 6.92. The molecule has 1 aliphatic heterocycles. The molecule has 1 fully saturated rings. The van der Waals surface area contributed by atoms with Gasteiger partial charge in [-0.1, -0.05) is 27.2 Å². The van der Waals surface area contributed by atoms with Crippen molar-refractivity contribution < 1.29 is 4.74 Å². The Morgan fingerprint density at radius 1 is 1.26 bits per heavy atom. The molecule has 0 aromatic rings. The Labute approximate surface area is 143 Å². The molecule has 0 radical (unpaired) electrons. The minimum Gasteiger partial charge on any atom is -0.378 e. The molecule has 1 aliphatic rings. The molecule has 23 heavy (non-hydrogen) atoms. The predicted molar refractivity (Wildman–Crippen MR) is 99.1 cm³/mol. The van der Waals surface area contributed by atoms with Crippen molar-refractivity contribution in [3.63, 3.8) is 0 Å². The average Bonchev–Trinajstić information content (AvgIpc) is 2.57. The molecule has 2 atom stereocenters. The number of nitrogens with zero attached hydrogens (tertiary/aromatic N) is 2. The van der Waals surface area contributed by atoms with Gasteiger partial charge >= 0.3 is 0 Å². The van der Waals surface area contributed by atoms with Crippen LogP contribution in [-0.2, 0) is 4.74 Å². The molecule has 0 spiro atoms. The van der Waals surface area contributed by atoms with Crippen molar-refractivity contribution in [2.24, 2.45) is 10.9 Å². The number of hydrogen-bond acceptors (Lipinski definition) is 3. The van der Waals surface area contributed by atoms with Gasteiger partial charge in [0.15, 0.2) is 5.96 Å². The van der Waals surface area contributed by atoms with Crippen LogP contribution in [-0.4, -0.2) is 62.8 Å². The van der Waals surface area contributed by atoms with Crippen LogP contribution in [0.25, 0.3) is 0 Å². The third kappa shape index (κ3) is 7.53. The highest BCUT2D eigenvalue weighted by Gasteiger charge is 2.21. The van der Waals surface area contributed by atoms with E-state index < -0.39 is 0 Å². The molecular formula is C18H38N4O. The van der Waals surface area contributed by atoms with Crippen LogP contribution in [0.1, 0.15) is 53.4 Å². The van der Waals surface area contributed by atoms with Crippen molar-refractivity contribution in [1.82, 2.24) is 15.5 Å². The van der Waals surface area contributed by atoms with Gasteiger partial charge in [-0.25, -0.2) is 0 Å². The number of nitrogens with one attached hydrogen (secondary N) is 2. The van der Waals surface area contributed by atoms with E-state index >= 15 is 0 Å². The van der Waals surface area contributed by atoms with Gasteiger partial charge in [0.1, 0.15) is 0 Å². The van der Waals surface area contributed by atoms with E-state index in [1.807, 2.05) is 7.05 Å². The second-order valence-corrected chi connectivity index (χ2v) is 6.68. The Kier molecular flexibility index (Phi) is 10.3. The van der Waals surface area contributed by atoms with Crippen LogP contribution in [0.5, 0.6) is 0 Å². The molecule has 0 saturated carbocycles. The van der Waals surface area contributed by atoms with E-state index in [0.717, 1.165) is 38.6 Å². The van der Waals surface area contributed by atoms with Crippen LogP contribution in [0, 0.1) is 5.92 Å². The first-order valence-corrected chi connectivity index (χ1v) is 9.42. The van der Waals surface area contributed by atoms with E-state index in [1.165, 1.54) is 25.8 Å². The van der Waals surface area contributed by atoms with Crippen LogP contribution in [0.2, 0.25) is 0 Å². The lowest BCUT2D eigenvalue weighted by atomic mass is 10.0. The van der Waals surface area contributed by atoms with Crippen molar-refractivity contribution in [2.45, 2.75) is 65.5 Å². The lowest BCUT2D eigenvalue weighted by molar-refractivity contribution is 0.0258. The van der Waals surface area contributed by atoms with Gasteiger partial charge < -0.3 is 15.4 Å². The quantitative estimate of drug-likeness (QED) is 0.505. The van der Waals surface area contributed by atoms with Crippen LogP contribution >= 0.6 is 0 Å². The summed E-state index contributed by atoms with van der Waals surface area (Å²) in [5, 5.41) is 6.92. The van der Waals surface area contributed by atoms with Crippen LogP contribution in [0.15, 0.2) is 4.99 Å². The molecule has 1 heterocycles. The number of ether oxygens (including phenoxy) is 1. The summed E-state index contributed by atoms with van der Waals surface area (Å²) < 4.78 is 5.80. The van der Waals surface area contributed by atoms with E-state index in [-0.39, 0.29) is 0 Å². The number of likely N-dealkylation sites (tertiary alicyclic amines) is 1. The number of hydrogen-bond donors (Lipinski definition) is 2. The van der Waals surface area contributed by atoms with E-state index in [2.05, 4.69) is 48.2 Å². The molecule has 5 nitrogen and oxygen atoms in total. The van der Waals surface area contributed by atoms with Gasteiger partial charge in [-0.3, -0.25) is 9.89 Å². The molecule has 2 N–H and O–H groups in total. The van der Waals surface area contributed by atoms with Crippen molar-refractivity contribution in [2.75, 3.05) is 39.8 Å². The molecule has 136 valence electrons. The van der Waals surface area contributed by atoms with Crippen molar-refractivity contribution in [3.05, 3.63) is 0 Å². The van der Waals surface area contributed by atoms with Gasteiger partial charge in [0.05, 0.1) is 6.10 Å². The third-order valence-electron chi connectivity index (χ3n) is 4.73. The summed E-state index contributed by atoms with van der Waals surface area (Å²) in [5.74, 6) is 1.46. The fraction of sp³-hybridized carbons (Fsp3) is 0.944. The standard InChI is InChI=1S/C18H38N4O/c1-6-22-13-9-8-10-16(22)14-21-18(19-5)20-12-11-17(15(3)4)23-7-2/h15-17H,6-14H2,1-5H3,(H2,19,20,21). The van der Waals surface area contributed by atoms with Crippen LogP contribution in [0.4, 0.5) is 0 Å². The van der Waals surface area contributed by atoms with Gasteiger partial charge in [0.25, 0.3) is 0 Å². The van der Waals surface area contributed by atoms with Gasteiger partial charge in [0.2, 0.25) is 0 Å². The van der Waals surface area contributed by atoms with Gasteiger partial charge in [-0.15, -0.1) is 0 Å². The van der Waals surface area contributed by atoms with Gasteiger partial charge in [-0.2, -0.15) is 0 Å². The average molecular weight is 327 g/mol. The van der Waals surface area contributed by atoms with E-state index in [1.54, 1.807) is 0 Å². The fourth-order valence-corrected chi connectivity index (χ4v) is 3.30. The lowest BCUT2D eigenvalue weighted by Gasteiger charge is -2.35. The summed E-state index contributed by atoms with van der Waals surface area (Å²) in [7, 11) is 1.84. The molecular weight excluding hydrogens is 288 g/mol. The van der Waals surface area contributed by atoms with E-state index in [9.17, 15) is 0 Å². The molecule has 5 heteroatoms. The molecule has 0 aromatic heterocycles. The highest BCUT2D eigenvalue weighted by atomic mass is 16.5. The van der Waals surface area contributed by atoms with Gasteiger partial charge in [-0.05, 0) is 45.2 Å². The first-order chi connectivity index (χ1) is 11.1. The first-order valence-electron chi connectivity index (χ1n) is 9.42. The minimum absolute atomic E-state index is 0.319. The Morgan fingerprint density at radius 3 is 2.65 bits per heavy atom. The van der Waals surface area contributed by atoms with E-state index in [4.69, 9.17) is 4.74 Å². The van der Waals surface area contributed by atoms with Crippen LogP contribution in [0.3, 0.4) is 0 Å². The van der Waals surface area contributed by atoms with Crippen LogP contribution < -0.4 is 10.6 Å². The molecule has 0 aliphatic carbocycles. The maximum Gasteiger partial charge on any atom is 0.191 e. The summed E-state index contributed by atoms with van der Waals surface area (Å²) in [6, 6.07) is 0.638. The fourth-order valence-electron chi connectivity index (χ4n) is 3.30. The minimum atomic E-state index is 0.319. The number of likely N-dealkylation sites (N-methyl/N-ethyl adjacent to an activating group) is 1. The predicted octanol–water partition coefficient (Wildman–Crippen LogP) is 2.48. The highest BCUT2D eigenvalue weighted by molar-refractivity contribution is 5.79. The summed E-state index contributed by atoms with van der Waals surface area (Å²) >= 11 is 0. The van der Waals surface area contributed by atoms with Gasteiger partial charge in [0, 0.05) is 32.8 Å². The molecule has 0 aromatic carbocycles. The molecule has 1 rings (SSSR count). The summed E-state index contributed by atoms with van der Waals surface area (Å²) in [6.45, 7) is 13.8. The normalized spacial score (nSPS) is 21.5. The second-order valence-electron chi connectivity index (χ2n) is 6.68. The largest absolute Gasteiger partial charge is 0.378 e. The highest BCUT2D eigenvalue weighted by Crippen LogP contribution is 2.15. The number of guanidine groups is 1. The SMILES string of the molecule is CCOC(CCNC(=NC)NCC1CCCCN1CC)C(C)C. The molecule has 0 amide bonds. The number of piperidine rings is 1. The summed E-state index contributed by atoms with van der Waals surface area (Å²) in [6.07, 6.45) is 5.30. The van der Waals surface area contributed by atoms with Crippen molar-refractivity contribution in [3.8, 4) is 0 Å². The zero-order valence-corrected chi connectivity index (χ0v) is 15.9. The maximum absolute atomic E-state index is 5.80. The van der Waals surface area contributed by atoms with E-state index in [0.29, 0.717) is 18.1 Å². The molecule has 1 saturated heterocycles. The lowest BCUT2D eigenvalue weighted by Crippen LogP contribution is -2.49. The third-order valence-corrected chi connectivity index (χ3v) is 4.73. The Morgan fingerprint density at radius 2 is 2.04 bits per heavy atom. The van der Waals surface area contributed by atoms with Crippen molar-refractivity contribution >= 4 is 5.96 Å². The zero-order valence-electron chi connectivity index (χ0n) is 15.9. The molecule has 2 unspecified atom stereocenters. The Bertz CT molecular complexity index is 333.